The zero-order valence-electron chi connectivity index (χ0n) is 11.7. The van der Waals surface area contributed by atoms with Crippen LogP contribution in [0.1, 0.15) is 37.9 Å². The molecule has 102 valence electrons. The number of aliphatic hydroxyl groups is 1. The van der Waals surface area contributed by atoms with Gasteiger partial charge in [-0.25, -0.2) is 0 Å². The fourth-order valence-corrected chi connectivity index (χ4v) is 3.53. The predicted octanol–water partition coefficient (Wildman–Crippen LogP) is 4.20. The number of hydrogen-bond acceptors (Lipinski definition) is 2. The highest BCUT2D eigenvalue weighted by atomic mass is 16.3. The number of benzene rings is 2. The molecule has 1 aliphatic carbocycles. The Morgan fingerprint density at radius 1 is 1.25 bits per heavy atom. The van der Waals surface area contributed by atoms with Crippen LogP contribution in [0.2, 0.25) is 0 Å². The Morgan fingerprint density at radius 2 is 2.00 bits per heavy atom. The van der Waals surface area contributed by atoms with Crippen LogP contribution < -0.4 is 0 Å². The fourth-order valence-electron chi connectivity index (χ4n) is 3.53. The maximum atomic E-state index is 10.9. The van der Waals surface area contributed by atoms with E-state index in [0.29, 0.717) is 5.92 Å². The smallest absolute Gasteiger partial charge is 0.0982 e. The van der Waals surface area contributed by atoms with E-state index in [9.17, 15) is 10.4 Å². The van der Waals surface area contributed by atoms with Gasteiger partial charge >= 0.3 is 0 Å². The maximum Gasteiger partial charge on any atom is 0.0982 e. The van der Waals surface area contributed by atoms with Gasteiger partial charge in [0, 0.05) is 0 Å². The van der Waals surface area contributed by atoms with E-state index in [1.807, 2.05) is 42.5 Å². The van der Waals surface area contributed by atoms with Crippen LogP contribution in [0.3, 0.4) is 0 Å². The normalized spacial score (nSPS) is 27.4. The third kappa shape index (κ3) is 1.99. The zero-order valence-corrected chi connectivity index (χ0v) is 11.7. The molecule has 0 aromatic heterocycles. The van der Waals surface area contributed by atoms with Crippen molar-refractivity contribution < 1.29 is 5.11 Å². The lowest BCUT2D eigenvalue weighted by Gasteiger charge is -2.28. The summed E-state index contributed by atoms with van der Waals surface area (Å²) in [6.07, 6.45) is 1.89. The minimum atomic E-state index is -0.705. The summed E-state index contributed by atoms with van der Waals surface area (Å²) in [5.41, 5.74) is 0.266. The number of hydrogen-bond donors (Lipinski definition) is 1. The second-order valence-corrected chi connectivity index (χ2v) is 6.09. The van der Waals surface area contributed by atoms with Crippen molar-refractivity contribution in [3.8, 4) is 6.07 Å². The third-order valence-electron chi connectivity index (χ3n) is 4.66. The van der Waals surface area contributed by atoms with Crippen LogP contribution in [-0.4, -0.2) is 5.11 Å². The molecule has 2 nitrogen and oxygen atoms in total. The van der Waals surface area contributed by atoms with E-state index < -0.39 is 11.5 Å². The van der Waals surface area contributed by atoms with Gasteiger partial charge < -0.3 is 5.11 Å². The molecule has 0 spiro atoms. The number of aliphatic hydroxyl groups excluding tert-OH is 1. The van der Waals surface area contributed by atoms with Crippen molar-refractivity contribution in [2.45, 2.75) is 32.3 Å². The number of fused-ring (bicyclic) bond motifs is 1. The SMILES string of the molecule is CC1CCC(C#N)(C(O)c2cccc3ccccc23)C1. The van der Waals surface area contributed by atoms with Crippen LogP contribution >= 0.6 is 0 Å². The Hall–Kier alpha value is -1.85. The fraction of sp³-hybridized carbons (Fsp3) is 0.389. The van der Waals surface area contributed by atoms with Gasteiger partial charge in [0.2, 0.25) is 0 Å². The summed E-state index contributed by atoms with van der Waals surface area (Å²) >= 11 is 0. The lowest BCUT2D eigenvalue weighted by Crippen LogP contribution is -2.24. The monoisotopic (exact) mass is 265 g/mol. The highest BCUT2D eigenvalue weighted by molar-refractivity contribution is 5.86. The molecule has 0 bridgehead atoms. The Labute approximate surface area is 119 Å². The minimum absolute atomic E-state index is 0.513. The Balaban J connectivity index is 2.09. The van der Waals surface area contributed by atoms with E-state index in [-0.39, 0.29) is 0 Å². The number of rotatable bonds is 2. The second-order valence-electron chi connectivity index (χ2n) is 6.09. The Bertz CT molecular complexity index is 667. The van der Waals surface area contributed by atoms with Gasteiger partial charge in [0.1, 0.15) is 0 Å². The molecule has 1 fully saturated rings. The summed E-state index contributed by atoms with van der Waals surface area (Å²) in [6.45, 7) is 2.16. The van der Waals surface area contributed by atoms with Crippen molar-refractivity contribution in [1.82, 2.24) is 0 Å². The van der Waals surface area contributed by atoms with E-state index in [2.05, 4.69) is 13.0 Å². The Kier molecular flexibility index (Phi) is 3.23. The average Bonchev–Trinajstić information content (AvgIpc) is 2.88. The average molecular weight is 265 g/mol. The first-order valence-corrected chi connectivity index (χ1v) is 7.23. The number of nitriles is 1. The highest BCUT2D eigenvalue weighted by Gasteiger charge is 2.44. The molecule has 20 heavy (non-hydrogen) atoms. The summed E-state index contributed by atoms with van der Waals surface area (Å²) in [5.74, 6) is 0.513. The summed E-state index contributed by atoms with van der Waals surface area (Å²) in [4.78, 5) is 0. The maximum absolute atomic E-state index is 10.9. The summed E-state index contributed by atoms with van der Waals surface area (Å²) in [6, 6.07) is 16.4. The first-order chi connectivity index (χ1) is 9.66. The molecule has 2 aromatic carbocycles. The van der Waals surface area contributed by atoms with Crippen LogP contribution in [-0.2, 0) is 0 Å². The molecule has 1 aliphatic rings. The summed E-state index contributed by atoms with van der Waals surface area (Å²) < 4.78 is 0. The molecule has 2 heteroatoms. The van der Waals surface area contributed by atoms with E-state index in [4.69, 9.17) is 0 Å². The van der Waals surface area contributed by atoms with Crippen molar-refractivity contribution in [2.24, 2.45) is 11.3 Å². The van der Waals surface area contributed by atoms with Crippen molar-refractivity contribution >= 4 is 10.8 Å². The van der Waals surface area contributed by atoms with E-state index >= 15 is 0 Å². The Morgan fingerprint density at radius 3 is 2.70 bits per heavy atom. The van der Waals surface area contributed by atoms with E-state index in [1.165, 1.54) is 0 Å². The largest absolute Gasteiger partial charge is 0.387 e. The zero-order chi connectivity index (χ0) is 14.2. The van der Waals surface area contributed by atoms with Crippen LogP contribution in [0.25, 0.3) is 10.8 Å². The quantitative estimate of drug-likeness (QED) is 0.884. The van der Waals surface area contributed by atoms with Crippen molar-refractivity contribution in [2.75, 3.05) is 0 Å². The third-order valence-corrected chi connectivity index (χ3v) is 4.66. The van der Waals surface area contributed by atoms with Gasteiger partial charge in [-0.2, -0.15) is 5.26 Å². The summed E-state index contributed by atoms with van der Waals surface area (Å²) in [5, 5.41) is 22.7. The molecule has 0 radical (unpaired) electrons. The molecular formula is C18H19NO. The van der Waals surface area contributed by atoms with Gasteiger partial charge in [-0.3, -0.25) is 0 Å². The standard InChI is InChI=1S/C18H19NO/c1-13-9-10-18(11-13,12-19)17(20)16-8-4-6-14-5-2-3-7-15(14)16/h2-8,13,17,20H,9-11H2,1H3. The molecule has 0 amide bonds. The molecule has 0 aliphatic heterocycles. The van der Waals surface area contributed by atoms with Gasteiger partial charge in [0.05, 0.1) is 17.6 Å². The first-order valence-electron chi connectivity index (χ1n) is 7.23. The van der Waals surface area contributed by atoms with Crippen molar-refractivity contribution in [1.29, 1.82) is 5.26 Å². The lowest BCUT2D eigenvalue weighted by molar-refractivity contribution is 0.0660. The first kappa shape index (κ1) is 13.1. The lowest BCUT2D eigenvalue weighted by atomic mass is 9.77. The topological polar surface area (TPSA) is 44.0 Å². The summed E-state index contributed by atoms with van der Waals surface area (Å²) in [7, 11) is 0. The van der Waals surface area contributed by atoms with Gasteiger partial charge in [-0.1, -0.05) is 49.4 Å². The van der Waals surface area contributed by atoms with Crippen LogP contribution in [0.15, 0.2) is 42.5 Å². The van der Waals surface area contributed by atoms with Gasteiger partial charge in [-0.15, -0.1) is 0 Å². The molecule has 3 atom stereocenters. The molecule has 3 unspecified atom stereocenters. The van der Waals surface area contributed by atoms with Crippen LogP contribution in [0, 0.1) is 22.7 Å². The van der Waals surface area contributed by atoms with Crippen LogP contribution in [0.4, 0.5) is 0 Å². The van der Waals surface area contributed by atoms with Gasteiger partial charge in [0.25, 0.3) is 0 Å². The van der Waals surface area contributed by atoms with E-state index in [0.717, 1.165) is 35.6 Å². The molecule has 2 aromatic rings. The number of nitrogens with zero attached hydrogens (tertiary/aromatic N) is 1. The van der Waals surface area contributed by atoms with Gasteiger partial charge in [0.15, 0.2) is 0 Å². The molecule has 1 N–H and O–H groups in total. The van der Waals surface area contributed by atoms with Crippen LogP contribution in [0.5, 0.6) is 0 Å². The van der Waals surface area contributed by atoms with Gasteiger partial charge in [-0.05, 0) is 41.5 Å². The molecule has 0 saturated heterocycles. The minimum Gasteiger partial charge on any atom is -0.387 e. The van der Waals surface area contributed by atoms with Crippen molar-refractivity contribution in [3.05, 3.63) is 48.0 Å². The molecule has 3 rings (SSSR count). The second kappa shape index (κ2) is 4.92. The van der Waals surface area contributed by atoms with E-state index in [1.54, 1.807) is 0 Å². The highest BCUT2D eigenvalue weighted by Crippen LogP contribution is 2.50. The predicted molar refractivity (Wildman–Crippen MR) is 80.0 cm³/mol. The molecule has 0 heterocycles. The van der Waals surface area contributed by atoms with Crippen molar-refractivity contribution in [3.63, 3.8) is 0 Å². The molecular weight excluding hydrogens is 246 g/mol. The molecule has 1 saturated carbocycles.